The van der Waals surface area contributed by atoms with Crippen molar-refractivity contribution in [2.75, 3.05) is 25.4 Å². The van der Waals surface area contributed by atoms with Crippen molar-refractivity contribution >= 4 is 27.4 Å². The molecule has 2 heterocycles. The van der Waals surface area contributed by atoms with Crippen LogP contribution < -0.4 is 0 Å². The van der Waals surface area contributed by atoms with Gasteiger partial charge in [-0.1, -0.05) is 13.8 Å². The molecule has 0 bridgehead atoms. The Kier molecular flexibility index (Phi) is 5.97. The highest BCUT2D eigenvalue weighted by Crippen LogP contribution is 2.21. The van der Waals surface area contributed by atoms with Gasteiger partial charge in [0, 0.05) is 25.9 Å². The van der Waals surface area contributed by atoms with E-state index in [9.17, 15) is 9.00 Å². The molecular formula is C13H20N6O2S2. The van der Waals surface area contributed by atoms with E-state index in [0.29, 0.717) is 12.4 Å². The number of carbonyl (C=O) groups is 1. The largest absolute Gasteiger partial charge is 0.303 e. The number of carbonyl (C=O) groups excluding carboxylic acids is 1. The van der Waals surface area contributed by atoms with Gasteiger partial charge in [0.05, 0.1) is 17.5 Å². The van der Waals surface area contributed by atoms with E-state index in [1.165, 1.54) is 6.92 Å². The van der Waals surface area contributed by atoms with Gasteiger partial charge >= 0.3 is 0 Å². The number of imidazole rings is 1. The minimum Gasteiger partial charge on any atom is -0.303 e. The summed E-state index contributed by atoms with van der Waals surface area (Å²) in [5.74, 6) is 0.183. The lowest BCUT2D eigenvalue weighted by atomic mass is 10.5. The first-order valence-corrected chi connectivity index (χ1v) is 9.70. The Labute approximate surface area is 140 Å². The molecular weight excluding hydrogens is 336 g/mol. The fourth-order valence-corrected chi connectivity index (χ4v) is 4.91. The van der Waals surface area contributed by atoms with Crippen molar-refractivity contribution in [2.45, 2.75) is 25.8 Å². The number of nitrogens with zero attached hydrogens (tertiary/aromatic N) is 6. The summed E-state index contributed by atoms with van der Waals surface area (Å²) in [4.78, 5) is 17.6. The molecule has 0 fully saturated rings. The molecule has 2 aromatic rings. The Morgan fingerprint density at radius 3 is 2.70 bits per heavy atom. The van der Waals surface area contributed by atoms with Crippen LogP contribution in [0.5, 0.6) is 0 Å². The molecule has 23 heavy (non-hydrogen) atoms. The van der Waals surface area contributed by atoms with Crippen LogP contribution >= 0.6 is 11.7 Å². The average Bonchev–Trinajstić information content (AvgIpc) is 3.18. The summed E-state index contributed by atoms with van der Waals surface area (Å²) in [6, 6.07) is 0. The van der Waals surface area contributed by atoms with Crippen molar-refractivity contribution in [3.8, 4) is 5.82 Å². The molecule has 0 spiro atoms. The summed E-state index contributed by atoms with van der Waals surface area (Å²) < 4.78 is 27.3. The molecule has 10 heteroatoms. The van der Waals surface area contributed by atoms with Gasteiger partial charge in [0.1, 0.15) is 16.1 Å². The van der Waals surface area contributed by atoms with Gasteiger partial charge in [-0.25, -0.2) is 9.19 Å². The summed E-state index contributed by atoms with van der Waals surface area (Å²) in [5, 5.41) is 0.253. The van der Waals surface area contributed by atoms with Crippen LogP contribution in [-0.4, -0.2) is 58.7 Å². The van der Waals surface area contributed by atoms with Gasteiger partial charge in [-0.05, 0) is 13.1 Å². The summed E-state index contributed by atoms with van der Waals surface area (Å²) in [5.41, 5.74) is 0. The van der Waals surface area contributed by atoms with E-state index >= 15 is 0 Å². The van der Waals surface area contributed by atoms with Gasteiger partial charge in [0.25, 0.3) is 5.91 Å². The number of aromatic nitrogens is 4. The van der Waals surface area contributed by atoms with Crippen molar-refractivity contribution in [3.63, 3.8) is 0 Å². The van der Waals surface area contributed by atoms with Crippen LogP contribution in [0.25, 0.3) is 5.82 Å². The molecule has 1 amide bonds. The molecule has 126 valence electrons. The van der Waals surface area contributed by atoms with Gasteiger partial charge < -0.3 is 4.90 Å². The number of hydrogen-bond acceptors (Lipinski definition) is 7. The zero-order valence-corrected chi connectivity index (χ0v) is 15.0. The SMILES string of the molecule is CCN(CC)CCS(=O)(=NC(C)=O)c1nsnc1-n1ccnc1. The van der Waals surface area contributed by atoms with Crippen LogP contribution in [0.4, 0.5) is 0 Å². The van der Waals surface area contributed by atoms with Crippen molar-refractivity contribution in [3.05, 3.63) is 18.7 Å². The van der Waals surface area contributed by atoms with Crippen LogP contribution in [0.15, 0.2) is 28.1 Å². The maximum atomic E-state index is 13.4. The van der Waals surface area contributed by atoms with Crippen LogP contribution in [-0.2, 0) is 14.5 Å². The first-order valence-electron chi connectivity index (χ1n) is 7.28. The smallest absolute Gasteiger partial charge is 0.250 e. The standard InChI is InChI=1S/C13H20N6O2S2/c1-4-18(5-2)8-9-23(21,17-11(3)20)13-12(15-22-16-13)19-7-6-14-10-19/h6-7,10H,4-5,8-9H2,1-3H3. The predicted molar refractivity (Wildman–Crippen MR) is 89.2 cm³/mol. The minimum absolute atomic E-state index is 0.237. The monoisotopic (exact) mass is 356 g/mol. The molecule has 8 nitrogen and oxygen atoms in total. The van der Waals surface area contributed by atoms with Crippen LogP contribution in [0, 0.1) is 0 Å². The zero-order chi connectivity index (χ0) is 16.9. The average molecular weight is 356 g/mol. The fourth-order valence-electron chi connectivity index (χ4n) is 2.10. The second-order valence-electron chi connectivity index (χ2n) is 4.84. The third kappa shape index (κ3) is 4.21. The fraction of sp³-hybridized carbons (Fsp3) is 0.538. The Hall–Kier alpha value is -1.65. The first kappa shape index (κ1) is 17.7. The third-order valence-electron chi connectivity index (χ3n) is 3.35. The summed E-state index contributed by atoms with van der Waals surface area (Å²) in [7, 11) is -2.97. The quantitative estimate of drug-likeness (QED) is 0.745. The lowest BCUT2D eigenvalue weighted by Gasteiger charge is -2.18. The predicted octanol–water partition coefficient (Wildman–Crippen LogP) is 1.44. The Bertz CT molecular complexity index is 757. The van der Waals surface area contributed by atoms with Crippen LogP contribution in [0.1, 0.15) is 20.8 Å². The van der Waals surface area contributed by atoms with Crippen molar-refractivity contribution in [2.24, 2.45) is 4.36 Å². The Balaban J connectivity index is 2.43. The lowest BCUT2D eigenvalue weighted by Crippen LogP contribution is -2.29. The highest BCUT2D eigenvalue weighted by Gasteiger charge is 2.24. The van der Waals surface area contributed by atoms with Gasteiger partial charge in [-0.3, -0.25) is 9.36 Å². The minimum atomic E-state index is -2.97. The number of rotatable bonds is 7. The molecule has 0 saturated carbocycles. The molecule has 2 aromatic heterocycles. The third-order valence-corrected chi connectivity index (χ3v) is 6.15. The number of hydrogen-bond donors (Lipinski definition) is 0. The van der Waals surface area contributed by atoms with E-state index < -0.39 is 15.6 Å². The highest BCUT2D eigenvalue weighted by molar-refractivity contribution is 7.94. The molecule has 0 aliphatic carbocycles. The summed E-state index contributed by atoms with van der Waals surface area (Å²) in [6.07, 6.45) is 4.85. The van der Waals surface area contributed by atoms with E-state index in [4.69, 9.17) is 0 Å². The molecule has 0 aromatic carbocycles. The lowest BCUT2D eigenvalue weighted by molar-refractivity contribution is -0.115. The van der Waals surface area contributed by atoms with Crippen LogP contribution in [0.3, 0.4) is 0 Å². The molecule has 0 N–H and O–H groups in total. The van der Waals surface area contributed by atoms with Gasteiger partial charge in [-0.2, -0.15) is 13.1 Å². The van der Waals surface area contributed by atoms with Crippen molar-refractivity contribution < 1.29 is 9.00 Å². The number of amides is 1. The molecule has 1 atom stereocenters. The molecule has 0 aliphatic rings. The topological polar surface area (TPSA) is 93.3 Å². The van der Waals surface area contributed by atoms with Gasteiger partial charge in [0.2, 0.25) is 0 Å². The van der Waals surface area contributed by atoms with Crippen LogP contribution in [0.2, 0.25) is 0 Å². The Morgan fingerprint density at radius 1 is 1.39 bits per heavy atom. The maximum Gasteiger partial charge on any atom is 0.250 e. The van der Waals surface area contributed by atoms with Gasteiger partial charge in [0.15, 0.2) is 10.8 Å². The first-order chi connectivity index (χ1) is 11.0. The van der Waals surface area contributed by atoms with Crippen molar-refractivity contribution in [1.29, 1.82) is 0 Å². The van der Waals surface area contributed by atoms with E-state index in [-0.39, 0.29) is 10.8 Å². The van der Waals surface area contributed by atoms with E-state index in [1.54, 1.807) is 23.3 Å². The molecule has 0 radical (unpaired) electrons. The maximum absolute atomic E-state index is 13.4. The van der Waals surface area contributed by atoms with E-state index in [0.717, 1.165) is 24.8 Å². The normalized spacial score (nSPS) is 13.9. The molecule has 0 saturated heterocycles. The molecule has 0 aliphatic heterocycles. The van der Waals surface area contributed by atoms with Gasteiger partial charge in [-0.15, -0.1) is 0 Å². The van der Waals surface area contributed by atoms with E-state index in [1.807, 2.05) is 13.8 Å². The second kappa shape index (κ2) is 7.75. The zero-order valence-electron chi connectivity index (χ0n) is 13.4. The molecule has 1 unspecified atom stereocenters. The summed E-state index contributed by atoms with van der Waals surface area (Å²) in [6.45, 7) is 7.63. The highest BCUT2D eigenvalue weighted by atomic mass is 32.2. The summed E-state index contributed by atoms with van der Waals surface area (Å²) >= 11 is 0.951. The molecule has 2 rings (SSSR count). The Morgan fingerprint density at radius 2 is 2.13 bits per heavy atom. The second-order valence-corrected chi connectivity index (χ2v) is 7.63. The van der Waals surface area contributed by atoms with Crippen molar-refractivity contribution in [1.82, 2.24) is 23.2 Å². The van der Waals surface area contributed by atoms with E-state index in [2.05, 4.69) is 23.0 Å².